The lowest BCUT2D eigenvalue weighted by atomic mass is 10.0. The molecule has 6 N–H and O–H groups in total. The highest BCUT2D eigenvalue weighted by atomic mass is 19.1. The average Bonchev–Trinajstić information content (AvgIpc) is 3.97. The Labute approximate surface area is 399 Å². The number of likely N-dealkylation sites (tertiary alicyclic amines) is 2. The van der Waals surface area contributed by atoms with Gasteiger partial charge in [-0.2, -0.15) is 15.2 Å². The van der Waals surface area contributed by atoms with Crippen molar-refractivity contribution < 1.29 is 27.2 Å². The van der Waals surface area contributed by atoms with Crippen LogP contribution in [0, 0.1) is 35.3 Å². The summed E-state index contributed by atoms with van der Waals surface area (Å²) in [5.74, 6) is 11.1. The quantitative estimate of drug-likeness (QED) is 0.125. The van der Waals surface area contributed by atoms with Gasteiger partial charge < -0.3 is 44.1 Å². The zero-order chi connectivity index (χ0) is 48.8. The molecule has 3 atom stereocenters. The number of carbonyl (C=O) groups is 2. The molecule has 356 valence electrons. The highest BCUT2D eigenvalue weighted by molar-refractivity contribution is 5.96. The number of hydrogen-bond donors (Lipinski definition) is 4. The largest absolute Gasteiger partial charge is 0.440 e. The van der Waals surface area contributed by atoms with Crippen LogP contribution in [-0.4, -0.2) is 99.9 Å². The van der Waals surface area contributed by atoms with Crippen LogP contribution in [-0.2, 0) is 9.59 Å². The molecule has 1 aliphatic carbocycles. The molecule has 2 amide bonds. The number of fused-ring (bicyclic) bond motifs is 4. The second-order valence-electron chi connectivity index (χ2n) is 18.2. The van der Waals surface area contributed by atoms with E-state index in [1.807, 2.05) is 4.90 Å². The molecular formula is C50H41F2N13O6. The number of nitrogen functional groups attached to an aromatic ring is 2. The number of carbonyl (C=O) groups excluding carboxylic acids is 2. The molecule has 0 radical (unpaired) electrons. The fraction of sp³-hybridized carbons (Fsp3) is 0.280. The van der Waals surface area contributed by atoms with Crippen LogP contribution in [0.15, 0.2) is 79.9 Å². The standard InChI is InChI=1S/C50H41F2N13O6/c1-2-39(66)61-14-11-31(23-61)64-21-29(41-43(64)47(68)59-57-45(41)53)8-6-27-18-36-38(20-34(27)52)71-50(56-36)63-16-13-30(63)9-10-40(67)62-15-12-32(24-62)65-22-28(42-44(65)48(69)60-58-46(42)54)7-5-26-17-35-37(19-33(26)51)70-49(55-35)25-3-4-25/h2,9-10,17-22,25,30-32H,1,3-4,11-16,23-24H2,(H2,53,57)(H2,54,58)(H,59,68)(H,60,69)/b10-9+/t30?,31-,32-/m0/s1. The van der Waals surface area contributed by atoms with Gasteiger partial charge in [0.2, 0.25) is 11.8 Å². The number of halogens is 2. The van der Waals surface area contributed by atoms with Crippen molar-refractivity contribution in [3.05, 3.63) is 122 Å². The maximum absolute atomic E-state index is 15.6. The number of anilines is 3. The predicted molar refractivity (Wildman–Crippen MR) is 257 cm³/mol. The lowest BCUT2D eigenvalue weighted by molar-refractivity contribution is -0.125. The zero-order valence-corrected chi connectivity index (χ0v) is 37.7. The Kier molecular flexibility index (Phi) is 10.1. The van der Waals surface area contributed by atoms with Crippen molar-refractivity contribution in [1.29, 1.82) is 0 Å². The van der Waals surface area contributed by atoms with E-state index >= 15 is 8.78 Å². The Hall–Kier alpha value is -8.98. The lowest BCUT2D eigenvalue weighted by Gasteiger charge is -2.37. The van der Waals surface area contributed by atoms with Crippen molar-refractivity contribution in [2.75, 3.05) is 49.1 Å². The van der Waals surface area contributed by atoms with E-state index in [0.29, 0.717) is 96.4 Å². The van der Waals surface area contributed by atoms with Gasteiger partial charge in [0, 0.05) is 69.2 Å². The predicted octanol–water partition coefficient (Wildman–Crippen LogP) is 4.73. The number of H-pyrrole nitrogens is 2. The third-order valence-electron chi connectivity index (χ3n) is 13.8. The summed E-state index contributed by atoms with van der Waals surface area (Å²) in [6.45, 7) is 5.69. The molecule has 0 spiro atoms. The lowest BCUT2D eigenvalue weighted by Crippen LogP contribution is -2.47. The van der Waals surface area contributed by atoms with Gasteiger partial charge in [-0.05, 0) is 50.3 Å². The molecule has 2 aromatic carbocycles. The summed E-state index contributed by atoms with van der Waals surface area (Å²) in [6.07, 6.45) is 11.7. The SMILES string of the molecule is C=CC(=O)N1CC[C@H](n2cc(C#Cc3cc4nc(N5CCC5/C=C/C(=O)N5CC[C@H](n6cc(C#Cc7cc8nc(C9CC9)oc8cc7F)c7c(N)n[nH]c(=O)c76)C5)oc4cc3F)c3c(N)n[nH]c(=O)c32)C1. The van der Waals surface area contributed by atoms with Gasteiger partial charge >= 0.3 is 0 Å². The van der Waals surface area contributed by atoms with Gasteiger partial charge in [-0.15, -0.1) is 0 Å². The Morgan fingerprint density at radius 3 is 1.77 bits per heavy atom. The Bertz CT molecular complexity index is 3890. The van der Waals surface area contributed by atoms with Crippen LogP contribution in [0.3, 0.4) is 0 Å². The van der Waals surface area contributed by atoms with Gasteiger partial charge in [0.25, 0.3) is 17.1 Å². The maximum Gasteiger partial charge on any atom is 0.298 e. The number of nitrogens with two attached hydrogens (primary N) is 2. The Morgan fingerprint density at radius 2 is 1.24 bits per heavy atom. The van der Waals surface area contributed by atoms with Crippen LogP contribution in [0.25, 0.3) is 44.0 Å². The van der Waals surface area contributed by atoms with Crippen LogP contribution in [0.1, 0.15) is 78.3 Å². The van der Waals surface area contributed by atoms with Crippen LogP contribution in [0.4, 0.5) is 26.4 Å². The zero-order valence-electron chi connectivity index (χ0n) is 37.7. The Balaban J connectivity index is 0.743. The number of aromatic nitrogens is 8. The number of benzene rings is 2. The molecule has 4 fully saturated rings. The molecular weight excluding hydrogens is 917 g/mol. The molecule has 9 heterocycles. The summed E-state index contributed by atoms with van der Waals surface area (Å²) in [7, 11) is 0. The van der Waals surface area contributed by atoms with E-state index in [1.54, 1.807) is 43.5 Å². The van der Waals surface area contributed by atoms with Crippen LogP contribution in [0.2, 0.25) is 0 Å². The fourth-order valence-electron chi connectivity index (χ4n) is 9.84. The van der Waals surface area contributed by atoms with Gasteiger partial charge in [0.05, 0.1) is 51.2 Å². The number of amides is 2. The first-order valence-corrected chi connectivity index (χ1v) is 23.1. The van der Waals surface area contributed by atoms with E-state index in [0.717, 1.165) is 12.8 Å². The molecule has 8 aromatic rings. The highest BCUT2D eigenvalue weighted by Crippen LogP contribution is 2.41. The molecule has 3 saturated heterocycles. The van der Waals surface area contributed by atoms with E-state index in [1.165, 1.54) is 30.4 Å². The average molecular weight is 958 g/mol. The summed E-state index contributed by atoms with van der Waals surface area (Å²) in [5.41, 5.74) is 14.4. The first-order valence-electron chi connectivity index (χ1n) is 23.1. The minimum atomic E-state index is -0.648. The van der Waals surface area contributed by atoms with E-state index in [4.69, 9.17) is 20.3 Å². The first kappa shape index (κ1) is 43.3. The molecule has 12 rings (SSSR count). The molecule has 1 saturated carbocycles. The van der Waals surface area contributed by atoms with E-state index in [9.17, 15) is 19.2 Å². The van der Waals surface area contributed by atoms with E-state index in [2.05, 4.69) is 60.6 Å². The van der Waals surface area contributed by atoms with Crippen molar-refractivity contribution in [2.24, 2.45) is 0 Å². The number of nitrogens with zero attached hydrogens (tertiary/aromatic N) is 9. The van der Waals surface area contributed by atoms with Crippen LogP contribution in [0.5, 0.6) is 0 Å². The van der Waals surface area contributed by atoms with Gasteiger partial charge in [-0.25, -0.2) is 24.0 Å². The summed E-state index contributed by atoms with van der Waals surface area (Å²) in [4.78, 5) is 66.6. The Morgan fingerprint density at radius 1 is 0.704 bits per heavy atom. The van der Waals surface area contributed by atoms with Crippen molar-refractivity contribution in [1.82, 2.24) is 49.3 Å². The summed E-state index contributed by atoms with van der Waals surface area (Å²) >= 11 is 0. The number of rotatable bonds is 7. The molecule has 0 bridgehead atoms. The third-order valence-corrected chi connectivity index (χ3v) is 13.8. The number of aromatic amines is 2. The minimum absolute atomic E-state index is 0.0354. The van der Waals surface area contributed by atoms with Crippen molar-refractivity contribution in [3.8, 4) is 23.7 Å². The number of hydrogen-bond acceptors (Lipinski definition) is 13. The second kappa shape index (κ2) is 16.6. The topological polar surface area (TPSA) is 249 Å². The summed E-state index contributed by atoms with van der Waals surface area (Å²) in [6, 6.07) is 5.02. The molecule has 4 aliphatic rings. The van der Waals surface area contributed by atoms with Crippen LogP contribution >= 0.6 is 0 Å². The van der Waals surface area contributed by atoms with Crippen LogP contribution < -0.4 is 27.5 Å². The van der Waals surface area contributed by atoms with Gasteiger partial charge in [-0.3, -0.25) is 19.2 Å². The first-order chi connectivity index (χ1) is 34.4. The molecule has 71 heavy (non-hydrogen) atoms. The van der Waals surface area contributed by atoms with Gasteiger partial charge in [0.15, 0.2) is 28.7 Å². The van der Waals surface area contributed by atoms with Crippen molar-refractivity contribution in [3.63, 3.8) is 0 Å². The molecule has 21 heteroatoms. The second-order valence-corrected chi connectivity index (χ2v) is 18.2. The summed E-state index contributed by atoms with van der Waals surface area (Å²) < 4.78 is 46.1. The maximum atomic E-state index is 15.6. The molecule has 6 aromatic heterocycles. The summed E-state index contributed by atoms with van der Waals surface area (Å²) in [5, 5.41) is 13.4. The smallest absolute Gasteiger partial charge is 0.298 e. The molecule has 1 unspecified atom stereocenters. The third kappa shape index (κ3) is 7.53. The fourth-order valence-corrected chi connectivity index (χ4v) is 9.84. The number of oxazole rings is 2. The molecule has 3 aliphatic heterocycles. The van der Waals surface area contributed by atoms with E-state index in [-0.39, 0.29) is 81.3 Å². The minimum Gasteiger partial charge on any atom is -0.440 e. The van der Waals surface area contributed by atoms with Gasteiger partial charge in [-0.1, -0.05) is 36.3 Å². The van der Waals surface area contributed by atoms with Gasteiger partial charge in [0.1, 0.15) is 33.7 Å². The monoisotopic (exact) mass is 957 g/mol. The number of nitrogens with one attached hydrogen (secondary N) is 2. The van der Waals surface area contributed by atoms with Crippen molar-refractivity contribution >= 4 is 73.5 Å². The molecule has 19 nitrogen and oxygen atoms in total. The van der Waals surface area contributed by atoms with E-state index < -0.39 is 22.8 Å². The van der Waals surface area contributed by atoms with Crippen molar-refractivity contribution in [2.45, 2.75) is 56.1 Å². The normalized spacial score (nSPS) is 19.0. The highest BCUT2D eigenvalue weighted by Gasteiger charge is 2.34.